The average Bonchev–Trinajstić information content (AvgIpc) is 3.58. The quantitative estimate of drug-likeness (QED) is 0.309. The maximum absolute atomic E-state index is 12.8. The molecule has 6 rings (SSSR count). The molecule has 0 aliphatic rings. The minimum absolute atomic E-state index is 0.0721. The Hall–Kier alpha value is -5.25. The zero-order valence-corrected chi connectivity index (χ0v) is 19.6. The van der Waals surface area contributed by atoms with Gasteiger partial charge in [-0.25, -0.2) is 14.6 Å². The molecular formula is C27H20N6O4. The predicted molar refractivity (Wildman–Crippen MR) is 136 cm³/mol. The summed E-state index contributed by atoms with van der Waals surface area (Å²) in [5.74, 6) is 0.794. The topological polar surface area (TPSA) is 139 Å². The van der Waals surface area contributed by atoms with Crippen LogP contribution in [-0.4, -0.2) is 43.4 Å². The van der Waals surface area contributed by atoms with E-state index in [0.717, 1.165) is 22.2 Å². The van der Waals surface area contributed by atoms with Crippen LogP contribution in [0.4, 0.5) is 0 Å². The van der Waals surface area contributed by atoms with Gasteiger partial charge < -0.3 is 20.1 Å². The van der Waals surface area contributed by atoms with Gasteiger partial charge >= 0.3 is 0 Å². The third kappa shape index (κ3) is 4.20. The summed E-state index contributed by atoms with van der Waals surface area (Å²) in [6, 6.07) is 19.6. The summed E-state index contributed by atoms with van der Waals surface area (Å²) in [6.07, 6.45) is 1.66. The van der Waals surface area contributed by atoms with Crippen molar-refractivity contribution in [1.82, 2.24) is 30.6 Å². The molecule has 3 N–H and O–H groups in total. The molecule has 0 saturated carbocycles. The van der Waals surface area contributed by atoms with Gasteiger partial charge in [0.15, 0.2) is 0 Å². The molecule has 1 amide bonds. The molecule has 10 nitrogen and oxygen atoms in total. The number of aromatic hydroxyl groups is 1. The van der Waals surface area contributed by atoms with Crippen molar-refractivity contribution in [3.8, 4) is 34.1 Å². The number of hydrogen-bond donors (Lipinski definition) is 3. The van der Waals surface area contributed by atoms with Crippen LogP contribution in [0.25, 0.3) is 44.6 Å². The second-order valence-electron chi connectivity index (χ2n) is 8.38. The maximum atomic E-state index is 12.8. The standard InChI is InChI=1S/C27H20N6O4/c1-36-27-18(3-2-10-28-27)16-6-9-24(34)19(12-16)25-30-20-8-5-17(13-22(20)31-25)26(35)29-14-15-4-7-21-23(11-15)33-37-32-21/h2-13,34H,14H2,1H3,(H,29,35)(H,30,31). The number of carbonyl (C=O) groups is 1. The fourth-order valence-corrected chi connectivity index (χ4v) is 4.16. The smallest absolute Gasteiger partial charge is 0.251 e. The van der Waals surface area contributed by atoms with Crippen molar-refractivity contribution < 1.29 is 19.3 Å². The van der Waals surface area contributed by atoms with Gasteiger partial charge in [-0.3, -0.25) is 4.79 Å². The van der Waals surface area contributed by atoms with Crippen molar-refractivity contribution >= 4 is 28.0 Å². The fourth-order valence-electron chi connectivity index (χ4n) is 4.16. The Kier molecular flexibility index (Phi) is 5.45. The second-order valence-corrected chi connectivity index (χ2v) is 8.38. The number of nitrogens with zero attached hydrogens (tertiary/aromatic N) is 4. The minimum atomic E-state index is -0.238. The summed E-state index contributed by atoms with van der Waals surface area (Å²) < 4.78 is 10.1. The van der Waals surface area contributed by atoms with Crippen LogP contribution >= 0.6 is 0 Å². The molecule has 37 heavy (non-hydrogen) atoms. The van der Waals surface area contributed by atoms with Crippen molar-refractivity contribution in [3.63, 3.8) is 0 Å². The number of phenolic OH excluding ortho intramolecular Hbond substituents is 1. The number of rotatable bonds is 6. The number of benzene rings is 3. The van der Waals surface area contributed by atoms with E-state index in [0.29, 0.717) is 45.9 Å². The van der Waals surface area contributed by atoms with Gasteiger partial charge in [-0.2, -0.15) is 0 Å². The lowest BCUT2D eigenvalue weighted by Gasteiger charge is -2.09. The lowest BCUT2D eigenvalue weighted by atomic mass is 10.0. The number of carbonyl (C=O) groups excluding carboxylic acids is 1. The van der Waals surface area contributed by atoms with Gasteiger partial charge in [0.25, 0.3) is 5.91 Å². The first-order valence-electron chi connectivity index (χ1n) is 11.4. The first-order chi connectivity index (χ1) is 18.1. The van der Waals surface area contributed by atoms with Gasteiger partial charge in [-0.05, 0) is 76.0 Å². The molecule has 6 aromatic rings. The average molecular weight is 492 g/mol. The number of H-pyrrole nitrogens is 1. The number of aromatic amines is 1. The van der Waals surface area contributed by atoms with E-state index in [1.54, 1.807) is 49.7 Å². The zero-order valence-electron chi connectivity index (χ0n) is 19.6. The van der Waals surface area contributed by atoms with Gasteiger partial charge in [-0.15, -0.1) is 0 Å². The van der Waals surface area contributed by atoms with E-state index in [-0.39, 0.29) is 11.7 Å². The van der Waals surface area contributed by atoms with E-state index < -0.39 is 0 Å². The molecule has 0 atom stereocenters. The molecule has 0 aliphatic heterocycles. The van der Waals surface area contributed by atoms with Crippen LogP contribution < -0.4 is 10.1 Å². The van der Waals surface area contributed by atoms with Gasteiger partial charge in [0.2, 0.25) is 5.88 Å². The molecule has 3 aromatic heterocycles. The summed E-state index contributed by atoms with van der Waals surface area (Å²) in [5.41, 5.74) is 6.09. The van der Waals surface area contributed by atoms with E-state index in [4.69, 9.17) is 9.37 Å². The molecule has 182 valence electrons. The highest BCUT2D eigenvalue weighted by atomic mass is 16.6. The highest BCUT2D eigenvalue weighted by Crippen LogP contribution is 2.35. The number of methoxy groups -OCH3 is 1. The third-order valence-electron chi connectivity index (χ3n) is 6.04. The molecule has 0 radical (unpaired) electrons. The molecule has 0 bridgehead atoms. The van der Waals surface area contributed by atoms with Gasteiger partial charge in [-0.1, -0.05) is 12.1 Å². The van der Waals surface area contributed by atoms with Crippen molar-refractivity contribution in [2.45, 2.75) is 6.54 Å². The zero-order chi connectivity index (χ0) is 25.4. The highest BCUT2D eigenvalue weighted by molar-refractivity contribution is 5.98. The summed E-state index contributed by atoms with van der Waals surface area (Å²) in [6.45, 7) is 0.323. The van der Waals surface area contributed by atoms with Crippen LogP contribution in [-0.2, 0) is 6.54 Å². The Morgan fingerprint density at radius 2 is 1.89 bits per heavy atom. The van der Waals surface area contributed by atoms with Crippen LogP contribution in [0.3, 0.4) is 0 Å². The van der Waals surface area contributed by atoms with Crippen molar-refractivity contribution in [3.05, 3.63) is 84.1 Å². The minimum Gasteiger partial charge on any atom is -0.507 e. The highest BCUT2D eigenvalue weighted by Gasteiger charge is 2.15. The van der Waals surface area contributed by atoms with Gasteiger partial charge in [0.05, 0.1) is 23.7 Å². The van der Waals surface area contributed by atoms with E-state index >= 15 is 0 Å². The van der Waals surface area contributed by atoms with Crippen LogP contribution in [0.15, 0.2) is 77.6 Å². The molecule has 10 heteroatoms. The van der Waals surface area contributed by atoms with E-state index in [1.165, 1.54) is 0 Å². The van der Waals surface area contributed by atoms with Gasteiger partial charge in [0, 0.05) is 23.9 Å². The molecule has 0 aliphatic carbocycles. The first-order valence-corrected chi connectivity index (χ1v) is 11.4. The Balaban J connectivity index is 1.26. The Morgan fingerprint density at radius 3 is 2.78 bits per heavy atom. The largest absolute Gasteiger partial charge is 0.507 e. The summed E-state index contributed by atoms with van der Waals surface area (Å²) in [7, 11) is 1.56. The molecule has 0 unspecified atom stereocenters. The number of ether oxygens (including phenoxy) is 1. The number of imidazole rings is 1. The normalized spacial score (nSPS) is 11.2. The first kappa shape index (κ1) is 22.2. The third-order valence-corrected chi connectivity index (χ3v) is 6.04. The lowest BCUT2D eigenvalue weighted by Crippen LogP contribution is -2.22. The number of pyridine rings is 1. The number of amides is 1. The molecule has 0 fully saturated rings. The maximum Gasteiger partial charge on any atom is 0.251 e. The van der Waals surface area contributed by atoms with Crippen LogP contribution in [0.5, 0.6) is 11.6 Å². The van der Waals surface area contributed by atoms with E-state index in [2.05, 4.69) is 30.6 Å². The Labute approximate surface area is 209 Å². The molecule has 3 aromatic carbocycles. The van der Waals surface area contributed by atoms with Crippen molar-refractivity contribution in [2.75, 3.05) is 7.11 Å². The van der Waals surface area contributed by atoms with Crippen LogP contribution in [0.1, 0.15) is 15.9 Å². The number of nitrogens with one attached hydrogen (secondary N) is 2. The predicted octanol–water partition coefficient (Wildman–Crippen LogP) is 4.47. The lowest BCUT2D eigenvalue weighted by molar-refractivity contribution is 0.0951. The van der Waals surface area contributed by atoms with Crippen molar-refractivity contribution in [2.24, 2.45) is 0 Å². The molecule has 3 heterocycles. The fraction of sp³-hybridized carbons (Fsp3) is 0.0741. The van der Waals surface area contributed by atoms with Crippen LogP contribution in [0.2, 0.25) is 0 Å². The van der Waals surface area contributed by atoms with E-state index in [9.17, 15) is 9.90 Å². The number of aromatic nitrogens is 5. The number of phenols is 1. The molecular weight excluding hydrogens is 472 g/mol. The number of fused-ring (bicyclic) bond motifs is 2. The Morgan fingerprint density at radius 1 is 1.00 bits per heavy atom. The van der Waals surface area contributed by atoms with Crippen molar-refractivity contribution in [1.29, 1.82) is 0 Å². The Bertz CT molecular complexity index is 1770. The van der Waals surface area contributed by atoms with Crippen LogP contribution in [0, 0.1) is 0 Å². The summed E-state index contributed by atoms with van der Waals surface area (Å²) in [5, 5.41) is 21.1. The number of hydrogen-bond acceptors (Lipinski definition) is 8. The SMILES string of the molecule is COc1ncccc1-c1ccc(O)c(-c2nc3cc(C(=O)NCc4ccc5nonc5c4)ccc3[nH]2)c1. The molecule has 0 saturated heterocycles. The summed E-state index contributed by atoms with van der Waals surface area (Å²) in [4.78, 5) is 24.9. The monoisotopic (exact) mass is 492 g/mol. The summed E-state index contributed by atoms with van der Waals surface area (Å²) >= 11 is 0. The van der Waals surface area contributed by atoms with E-state index in [1.807, 2.05) is 30.3 Å². The second kappa shape index (κ2) is 9.08. The van der Waals surface area contributed by atoms with Gasteiger partial charge in [0.1, 0.15) is 22.6 Å². The molecule has 0 spiro atoms.